The predicted octanol–water partition coefficient (Wildman–Crippen LogP) is 0.390. The van der Waals surface area contributed by atoms with Crippen LogP contribution < -0.4 is 4.74 Å². The van der Waals surface area contributed by atoms with Gasteiger partial charge >= 0.3 is 11.9 Å². The molecule has 1 fully saturated rings. The summed E-state index contributed by atoms with van der Waals surface area (Å²) in [6, 6.07) is 9.40. The number of benzene rings is 2. The Morgan fingerprint density at radius 1 is 0.867 bits per heavy atom. The van der Waals surface area contributed by atoms with Gasteiger partial charge in [-0.05, 0) is 35.9 Å². The van der Waals surface area contributed by atoms with Gasteiger partial charge in [-0.2, -0.15) is 0 Å². The van der Waals surface area contributed by atoms with Gasteiger partial charge in [0.1, 0.15) is 42.0 Å². The van der Waals surface area contributed by atoms with Gasteiger partial charge in [-0.1, -0.05) is 12.1 Å². The number of carbonyl (C=O) groups is 2. The standard InChI is InChI=1S/C20H20O10/c21-8-14-15(22)16(23)17(24)18(30-14)9-2-1-3-12(5-9)29-13-6-10(19(25)26)4-11(7-13)20(27)28/h1-7,14-18,21-24H,8H2,(H,25,26)(H,27,28). The van der Waals surface area contributed by atoms with Crippen molar-refractivity contribution in [1.29, 1.82) is 0 Å². The van der Waals surface area contributed by atoms with Gasteiger partial charge < -0.3 is 40.1 Å². The molecule has 5 unspecified atom stereocenters. The minimum atomic E-state index is -1.55. The van der Waals surface area contributed by atoms with E-state index < -0.39 is 49.1 Å². The van der Waals surface area contributed by atoms with Crippen molar-refractivity contribution in [1.82, 2.24) is 0 Å². The Kier molecular flexibility index (Phi) is 6.34. The van der Waals surface area contributed by atoms with Crippen LogP contribution >= 0.6 is 0 Å². The first-order valence-corrected chi connectivity index (χ1v) is 8.91. The number of aliphatic hydroxyl groups is 4. The quantitative estimate of drug-likeness (QED) is 0.383. The van der Waals surface area contributed by atoms with Gasteiger partial charge in [0.25, 0.3) is 0 Å². The highest BCUT2D eigenvalue weighted by molar-refractivity contribution is 5.94. The number of carboxylic acid groups (broad SMARTS) is 2. The van der Waals surface area contributed by atoms with Gasteiger partial charge in [0, 0.05) is 0 Å². The summed E-state index contributed by atoms with van der Waals surface area (Å²) in [7, 11) is 0. The molecule has 0 bridgehead atoms. The Hall–Kier alpha value is -3.02. The summed E-state index contributed by atoms with van der Waals surface area (Å²) in [5, 5.41) is 57.8. The predicted molar refractivity (Wildman–Crippen MR) is 99.6 cm³/mol. The SMILES string of the molecule is O=C(O)c1cc(Oc2cccc(C3OC(CO)C(O)C(O)C3O)c2)cc(C(=O)O)c1. The molecule has 0 aliphatic carbocycles. The third-order valence-corrected chi connectivity index (χ3v) is 4.72. The molecule has 1 saturated heterocycles. The maximum absolute atomic E-state index is 11.2. The zero-order valence-corrected chi connectivity index (χ0v) is 15.5. The molecule has 2 aromatic rings. The largest absolute Gasteiger partial charge is 0.478 e. The van der Waals surface area contributed by atoms with Crippen LogP contribution in [0.1, 0.15) is 32.4 Å². The molecule has 1 aliphatic heterocycles. The Bertz CT molecular complexity index is 909. The van der Waals surface area contributed by atoms with Crippen LogP contribution in [0.2, 0.25) is 0 Å². The van der Waals surface area contributed by atoms with Crippen molar-refractivity contribution in [3.05, 3.63) is 59.2 Å². The van der Waals surface area contributed by atoms with E-state index in [9.17, 15) is 30.0 Å². The van der Waals surface area contributed by atoms with Gasteiger partial charge in [0.15, 0.2) is 0 Å². The second-order valence-electron chi connectivity index (χ2n) is 6.78. The van der Waals surface area contributed by atoms with Crippen molar-refractivity contribution < 1.29 is 49.7 Å². The van der Waals surface area contributed by atoms with Crippen molar-refractivity contribution >= 4 is 11.9 Å². The summed E-state index contributed by atoms with van der Waals surface area (Å²) in [5.74, 6) is -2.49. The third-order valence-electron chi connectivity index (χ3n) is 4.72. The molecular formula is C20H20O10. The van der Waals surface area contributed by atoms with Crippen LogP contribution in [0.25, 0.3) is 0 Å². The molecule has 0 spiro atoms. The average molecular weight is 420 g/mol. The highest BCUT2D eigenvalue weighted by Crippen LogP contribution is 2.34. The lowest BCUT2D eigenvalue weighted by Gasteiger charge is -2.40. The lowest BCUT2D eigenvalue weighted by atomic mass is 9.91. The fourth-order valence-electron chi connectivity index (χ4n) is 3.17. The van der Waals surface area contributed by atoms with E-state index in [0.717, 1.165) is 18.2 Å². The van der Waals surface area contributed by atoms with Gasteiger partial charge in [-0.25, -0.2) is 9.59 Å². The van der Waals surface area contributed by atoms with E-state index in [-0.39, 0.29) is 22.6 Å². The number of carboxylic acids is 2. The van der Waals surface area contributed by atoms with E-state index in [1.165, 1.54) is 12.1 Å². The van der Waals surface area contributed by atoms with Gasteiger partial charge in [-0.15, -0.1) is 0 Å². The second-order valence-corrected chi connectivity index (χ2v) is 6.78. The Balaban J connectivity index is 1.89. The summed E-state index contributed by atoms with van der Waals surface area (Å²) in [6.07, 6.45) is -6.68. The van der Waals surface area contributed by atoms with Crippen LogP contribution in [0, 0.1) is 0 Å². The normalized spacial score (nSPS) is 26.2. The van der Waals surface area contributed by atoms with Crippen molar-refractivity contribution in [2.45, 2.75) is 30.5 Å². The number of hydrogen-bond donors (Lipinski definition) is 6. The van der Waals surface area contributed by atoms with Gasteiger partial charge in [0.05, 0.1) is 17.7 Å². The van der Waals surface area contributed by atoms with Crippen LogP contribution in [0.3, 0.4) is 0 Å². The van der Waals surface area contributed by atoms with Crippen LogP contribution in [0.4, 0.5) is 0 Å². The first-order chi connectivity index (χ1) is 14.2. The fraction of sp³-hybridized carbons (Fsp3) is 0.300. The number of hydrogen-bond acceptors (Lipinski definition) is 8. The van der Waals surface area contributed by atoms with Crippen molar-refractivity contribution in [2.24, 2.45) is 0 Å². The Morgan fingerprint density at radius 3 is 2.07 bits per heavy atom. The molecule has 10 nitrogen and oxygen atoms in total. The lowest BCUT2D eigenvalue weighted by molar-refractivity contribution is -0.231. The molecule has 160 valence electrons. The summed E-state index contributed by atoms with van der Waals surface area (Å²) in [4.78, 5) is 22.5. The molecule has 0 aromatic heterocycles. The monoisotopic (exact) mass is 420 g/mol. The maximum atomic E-state index is 11.2. The second kappa shape index (κ2) is 8.78. The molecule has 30 heavy (non-hydrogen) atoms. The zero-order valence-electron chi connectivity index (χ0n) is 15.5. The van der Waals surface area contributed by atoms with E-state index in [1.54, 1.807) is 12.1 Å². The Morgan fingerprint density at radius 2 is 1.50 bits per heavy atom. The van der Waals surface area contributed by atoms with Gasteiger partial charge in [-0.3, -0.25) is 0 Å². The van der Waals surface area contributed by atoms with Crippen molar-refractivity contribution in [3.8, 4) is 11.5 Å². The zero-order chi connectivity index (χ0) is 22.0. The smallest absolute Gasteiger partial charge is 0.335 e. The molecule has 10 heteroatoms. The molecular weight excluding hydrogens is 400 g/mol. The first-order valence-electron chi connectivity index (χ1n) is 8.91. The van der Waals surface area contributed by atoms with Crippen LogP contribution in [0.15, 0.2) is 42.5 Å². The Labute approximate surface area is 170 Å². The first kappa shape index (κ1) is 21.7. The maximum Gasteiger partial charge on any atom is 0.335 e. The van der Waals surface area contributed by atoms with E-state index in [2.05, 4.69) is 0 Å². The summed E-state index contributed by atoms with van der Waals surface area (Å²) in [6.45, 7) is -0.572. The molecule has 3 rings (SSSR count). The molecule has 5 atom stereocenters. The molecule has 6 N–H and O–H groups in total. The molecule has 0 radical (unpaired) electrons. The number of ether oxygens (including phenoxy) is 2. The van der Waals surface area contributed by atoms with Crippen LogP contribution in [-0.4, -0.2) is 73.6 Å². The summed E-state index contributed by atoms with van der Waals surface area (Å²) < 4.78 is 11.1. The van der Waals surface area contributed by atoms with E-state index in [0.29, 0.717) is 5.56 Å². The molecule has 1 heterocycles. The van der Waals surface area contributed by atoms with E-state index >= 15 is 0 Å². The average Bonchev–Trinajstić information content (AvgIpc) is 2.72. The van der Waals surface area contributed by atoms with Crippen molar-refractivity contribution in [3.63, 3.8) is 0 Å². The molecule has 1 aliphatic rings. The minimum absolute atomic E-state index is 0.0294. The van der Waals surface area contributed by atoms with E-state index in [4.69, 9.17) is 19.7 Å². The number of aliphatic hydroxyl groups excluding tert-OH is 4. The summed E-state index contributed by atoms with van der Waals surface area (Å²) >= 11 is 0. The van der Waals surface area contributed by atoms with Gasteiger partial charge in [0.2, 0.25) is 0 Å². The fourth-order valence-corrected chi connectivity index (χ4v) is 3.17. The van der Waals surface area contributed by atoms with Crippen LogP contribution in [0.5, 0.6) is 11.5 Å². The lowest BCUT2D eigenvalue weighted by Crippen LogP contribution is -2.55. The topological polar surface area (TPSA) is 174 Å². The van der Waals surface area contributed by atoms with Crippen molar-refractivity contribution in [2.75, 3.05) is 6.61 Å². The number of rotatable bonds is 6. The highest BCUT2D eigenvalue weighted by Gasteiger charge is 2.44. The third kappa shape index (κ3) is 4.42. The van der Waals surface area contributed by atoms with Crippen LogP contribution in [-0.2, 0) is 4.74 Å². The highest BCUT2D eigenvalue weighted by atomic mass is 16.5. The molecule has 0 amide bonds. The number of aromatic carboxylic acids is 2. The summed E-state index contributed by atoms with van der Waals surface area (Å²) in [5.41, 5.74) is -0.178. The van der Waals surface area contributed by atoms with E-state index in [1.807, 2.05) is 0 Å². The minimum Gasteiger partial charge on any atom is -0.478 e. The molecule has 2 aromatic carbocycles. The molecule has 0 saturated carbocycles.